The van der Waals surface area contributed by atoms with Crippen LogP contribution in [0, 0.1) is 19.8 Å². The molecule has 4 heteroatoms. The van der Waals surface area contributed by atoms with E-state index in [-0.39, 0.29) is 11.7 Å². The Kier molecular flexibility index (Phi) is 2.77. The van der Waals surface area contributed by atoms with Gasteiger partial charge in [-0.2, -0.15) is 5.10 Å². The first kappa shape index (κ1) is 11.9. The predicted molar refractivity (Wildman–Crippen MR) is 67.6 cm³/mol. The summed E-state index contributed by atoms with van der Waals surface area (Å²) in [6.45, 7) is 3.90. The van der Waals surface area contributed by atoms with E-state index >= 15 is 0 Å². The molecular formula is C14H20N2O2. The molecule has 0 radical (unpaired) electrons. The molecule has 2 unspecified atom stereocenters. The summed E-state index contributed by atoms with van der Waals surface area (Å²) in [6, 6.07) is 0. The first-order valence-electron chi connectivity index (χ1n) is 6.76. The van der Waals surface area contributed by atoms with E-state index in [9.17, 15) is 4.79 Å². The Morgan fingerprint density at radius 2 is 1.89 bits per heavy atom. The molecule has 0 aromatic carbocycles. The lowest BCUT2D eigenvalue weighted by Gasteiger charge is -2.27. The number of nitrogens with zero attached hydrogens (tertiary/aromatic N) is 2. The Bertz CT molecular complexity index is 480. The Hall–Kier alpha value is -1.16. The van der Waals surface area contributed by atoms with Gasteiger partial charge >= 0.3 is 0 Å². The van der Waals surface area contributed by atoms with Gasteiger partial charge < -0.3 is 4.74 Å². The fourth-order valence-corrected chi connectivity index (χ4v) is 3.41. The monoisotopic (exact) mass is 248 g/mol. The topological polar surface area (TPSA) is 44.1 Å². The molecule has 0 N–H and O–H groups in total. The van der Waals surface area contributed by atoms with Crippen LogP contribution in [0.4, 0.5) is 0 Å². The summed E-state index contributed by atoms with van der Waals surface area (Å²) in [5.41, 5.74) is 2.68. The molecule has 98 valence electrons. The van der Waals surface area contributed by atoms with Crippen molar-refractivity contribution in [3.8, 4) is 0 Å². The number of fused-ring (bicyclic) bond motifs is 2. The zero-order valence-electron chi connectivity index (χ0n) is 11.3. The van der Waals surface area contributed by atoms with Crippen LogP contribution in [0.5, 0.6) is 0 Å². The average Bonchev–Trinajstić information content (AvgIpc) is 2.79. The SMILES string of the molecule is Cc1nn(C)c(C)c1C(=O)C1CC2CCC(C1)O2. The minimum absolute atomic E-state index is 0.137. The van der Waals surface area contributed by atoms with Crippen molar-refractivity contribution in [1.29, 1.82) is 0 Å². The summed E-state index contributed by atoms with van der Waals surface area (Å²) in [4.78, 5) is 12.7. The van der Waals surface area contributed by atoms with Crippen LogP contribution in [0.1, 0.15) is 47.4 Å². The second-order valence-corrected chi connectivity index (χ2v) is 5.66. The first-order valence-corrected chi connectivity index (χ1v) is 6.76. The van der Waals surface area contributed by atoms with E-state index in [2.05, 4.69) is 5.10 Å². The number of aromatic nitrogens is 2. The van der Waals surface area contributed by atoms with E-state index in [1.807, 2.05) is 20.9 Å². The third-order valence-electron chi connectivity index (χ3n) is 4.42. The Labute approximate surface area is 107 Å². The lowest BCUT2D eigenvalue weighted by Crippen LogP contribution is -2.30. The second-order valence-electron chi connectivity index (χ2n) is 5.66. The molecule has 3 rings (SSSR count). The van der Waals surface area contributed by atoms with Crippen molar-refractivity contribution in [3.63, 3.8) is 0 Å². The summed E-state index contributed by atoms with van der Waals surface area (Å²) in [5.74, 6) is 0.413. The first-order chi connectivity index (χ1) is 8.56. The molecule has 0 aliphatic carbocycles. The highest BCUT2D eigenvalue weighted by Gasteiger charge is 2.39. The molecule has 4 nitrogen and oxygen atoms in total. The van der Waals surface area contributed by atoms with Gasteiger partial charge in [0.15, 0.2) is 5.78 Å². The van der Waals surface area contributed by atoms with Gasteiger partial charge in [0.2, 0.25) is 0 Å². The maximum atomic E-state index is 12.7. The number of ether oxygens (including phenoxy) is 1. The van der Waals surface area contributed by atoms with Crippen LogP contribution >= 0.6 is 0 Å². The molecule has 2 aliphatic heterocycles. The summed E-state index contributed by atoms with van der Waals surface area (Å²) in [5, 5.41) is 4.34. The zero-order chi connectivity index (χ0) is 12.9. The van der Waals surface area contributed by atoms with Crippen LogP contribution in [-0.2, 0) is 11.8 Å². The normalized spacial score (nSPS) is 30.7. The lowest BCUT2D eigenvalue weighted by atomic mass is 9.87. The fraction of sp³-hybridized carbons (Fsp3) is 0.714. The minimum Gasteiger partial charge on any atom is -0.375 e. The highest BCUT2D eigenvalue weighted by molar-refractivity contribution is 6.00. The largest absolute Gasteiger partial charge is 0.375 e. The smallest absolute Gasteiger partial charge is 0.169 e. The van der Waals surface area contributed by atoms with Gasteiger partial charge in [-0.15, -0.1) is 0 Å². The number of ketones is 1. The van der Waals surface area contributed by atoms with E-state index in [0.717, 1.165) is 42.6 Å². The van der Waals surface area contributed by atoms with Crippen LogP contribution < -0.4 is 0 Å². The molecule has 2 aliphatic rings. The second kappa shape index (κ2) is 4.19. The van der Waals surface area contributed by atoms with Crippen LogP contribution in [0.15, 0.2) is 0 Å². The Morgan fingerprint density at radius 3 is 2.39 bits per heavy atom. The van der Waals surface area contributed by atoms with Gasteiger partial charge in [-0.05, 0) is 39.5 Å². The molecular weight excluding hydrogens is 228 g/mol. The number of rotatable bonds is 2. The van der Waals surface area contributed by atoms with Gasteiger partial charge in [0.05, 0.1) is 23.5 Å². The van der Waals surface area contributed by atoms with Crippen molar-refractivity contribution in [1.82, 2.24) is 9.78 Å². The van der Waals surface area contributed by atoms with Crippen LogP contribution in [0.2, 0.25) is 0 Å². The van der Waals surface area contributed by atoms with E-state index in [1.165, 1.54) is 0 Å². The minimum atomic E-state index is 0.137. The van der Waals surface area contributed by atoms with Gasteiger partial charge in [0.25, 0.3) is 0 Å². The number of carbonyl (C=O) groups excluding carboxylic acids is 1. The summed E-state index contributed by atoms with van der Waals surface area (Å²) < 4.78 is 7.61. The Morgan fingerprint density at radius 1 is 1.28 bits per heavy atom. The molecule has 0 spiro atoms. The molecule has 1 aromatic rings. The summed E-state index contributed by atoms with van der Waals surface area (Å²) >= 11 is 0. The van der Waals surface area contributed by atoms with Crippen molar-refractivity contribution in [2.75, 3.05) is 0 Å². The molecule has 2 bridgehead atoms. The number of aryl methyl sites for hydroxylation is 2. The quantitative estimate of drug-likeness (QED) is 0.753. The van der Waals surface area contributed by atoms with E-state index in [0.29, 0.717) is 12.2 Å². The molecule has 2 fully saturated rings. The Balaban J connectivity index is 1.86. The number of Topliss-reactive ketones (excluding diaryl/α,β-unsaturated/α-hetero) is 1. The fourth-order valence-electron chi connectivity index (χ4n) is 3.41. The molecule has 18 heavy (non-hydrogen) atoms. The number of carbonyl (C=O) groups is 1. The molecule has 1 aromatic heterocycles. The van der Waals surface area contributed by atoms with Gasteiger partial charge in [-0.3, -0.25) is 9.48 Å². The van der Waals surface area contributed by atoms with Gasteiger partial charge in [0.1, 0.15) is 0 Å². The van der Waals surface area contributed by atoms with E-state index in [1.54, 1.807) is 4.68 Å². The van der Waals surface area contributed by atoms with Crippen LogP contribution in [0.25, 0.3) is 0 Å². The third kappa shape index (κ3) is 1.79. The number of hydrogen-bond donors (Lipinski definition) is 0. The number of hydrogen-bond acceptors (Lipinski definition) is 3. The summed E-state index contributed by atoms with van der Waals surface area (Å²) in [6.07, 6.45) is 4.66. The van der Waals surface area contributed by atoms with E-state index < -0.39 is 0 Å². The van der Waals surface area contributed by atoms with Crippen molar-refractivity contribution >= 4 is 5.78 Å². The maximum Gasteiger partial charge on any atom is 0.169 e. The highest BCUT2D eigenvalue weighted by Crippen LogP contribution is 2.37. The van der Waals surface area contributed by atoms with Gasteiger partial charge in [-0.25, -0.2) is 0 Å². The summed E-state index contributed by atoms with van der Waals surface area (Å²) in [7, 11) is 1.90. The molecule has 3 heterocycles. The van der Waals surface area contributed by atoms with Gasteiger partial charge in [-0.1, -0.05) is 0 Å². The van der Waals surface area contributed by atoms with Crippen molar-refractivity contribution in [2.24, 2.45) is 13.0 Å². The standard InChI is InChI=1S/C14H20N2O2/c1-8-13(9(2)16(3)15-8)14(17)10-6-11-4-5-12(7-10)18-11/h10-12H,4-7H2,1-3H3. The highest BCUT2D eigenvalue weighted by atomic mass is 16.5. The molecule has 0 amide bonds. The average molecular weight is 248 g/mol. The zero-order valence-corrected chi connectivity index (χ0v) is 11.3. The van der Waals surface area contributed by atoms with Gasteiger partial charge in [0, 0.05) is 18.7 Å². The predicted octanol–water partition coefficient (Wildman–Crippen LogP) is 2.18. The van der Waals surface area contributed by atoms with E-state index in [4.69, 9.17) is 4.74 Å². The molecule has 2 saturated heterocycles. The maximum absolute atomic E-state index is 12.7. The lowest BCUT2D eigenvalue weighted by molar-refractivity contribution is -0.0149. The molecule has 0 saturated carbocycles. The molecule has 2 atom stereocenters. The van der Waals surface area contributed by atoms with Crippen LogP contribution in [-0.4, -0.2) is 27.8 Å². The van der Waals surface area contributed by atoms with Crippen molar-refractivity contribution in [3.05, 3.63) is 17.0 Å². The van der Waals surface area contributed by atoms with Crippen molar-refractivity contribution < 1.29 is 9.53 Å². The third-order valence-corrected chi connectivity index (χ3v) is 4.42. The van der Waals surface area contributed by atoms with Crippen molar-refractivity contribution in [2.45, 2.75) is 51.7 Å². The van der Waals surface area contributed by atoms with Crippen LogP contribution in [0.3, 0.4) is 0 Å².